The molecule has 2 aromatic heterocycles. The van der Waals surface area contributed by atoms with Gasteiger partial charge in [0.25, 0.3) is 5.91 Å². The average Bonchev–Trinajstić information content (AvgIpc) is 3.73. The normalized spacial score (nSPS) is 15.6. The number of morpholine rings is 1. The largest absolute Gasteiger partial charge is 0.378 e. The van der Waals surface area contributed by atoms with Crippen molar-refractivity contribution < 1.29 is 9.53 Å². The van der Waals surface area contributed by atoms with Gasteiger partial charge in [-0.2, -0.15) is 0 Å². The van der Waals surface area contributed by atoms with Gasteiger partial charge >= 0.3 is 0 Å². The zero-order valence-corrected chi connectivity index (χ0v) is 21.7. The zero-order valence-electron chi connectivity index (χ0n) is 21.7. The van der Waals surface area contributed by atoms with Crippen molar-refractivity contribution in [3.63, 3.8) is 0 Å². The van der Waals surface area contributed by atoms with Gasteiger partial charge in [0.1, 0.15) is 11.3 Å². The van der Waals surface area contributed by atoms with Gasteiger partial charge in [0.05, 0.1) is 29.9 Å². The number of rotatable bonds is 6. The van der Waals surface area contributed by atoms with E-state index in [1.807, 2.05) is 67.7 Å². The molecule has 3 aromatic carbocycles. The van der Waals surface area contributed by atoms with Crippen LogP contribution in [0, 0.1) is 6.92 Å². The van der Waals surface area contributed by atoms with Crippen LogP contribution in [-0.2, 0) is 4.74 Å². The van der Waals surface area contributed by atoms with Gasteiger partial charge in [-0.05, 0) is 55.7 Å². The van der Waals surface area contributed by atoms with Crippen LogP contribution in [0.3, 0.4) is 0 Å². The Hall–Kier alpha value is -4.50. The lowest BCUT2D eigenvalue weighted by Gasteiger charge is -2.29. The highest BCUT2D eigenvalue weighted by Gasteiger charge is 2.27. The van der Waals surface area contributed by atoms with Crippen molar-refractivity contribution in [2.75, 3.05) is 41.8 Å². The molecule has 9 heteroatoms. The number of nitrogens with zero attached hydrogens (tertiary/aromatic N) is 4. The number of H-pyrrole nitrogens is 1. The second-order valence-electron chi connectivity index (χ2n) is 10.3. The van der Waals surface area contributed by atoms with Gasteiger partial charge in [-0.1, -0.05) is 24.3 Å². The Morgan fingerprint density at radius 1 is 1.03 bits per heavy atom. The van der Waals surface area contributed by atoms with Gasteiger partial charge in [-0.15, -0.1) is 0 Å². The maximum Gasteiger partial charge on any atom is 0.255 e. The van der Waals surface area contributed by atoms with Gasteiger partial charge < -0.3 is 25.3 Å². The van der Waals surface area contributed by atoms with E-state index in [4.69, 9.17) is 14.7 Å². The third kappa shape index (κ3) is 4.77. The van der Waals surface area contributed by atoms with Crippen molar-refractivity contribution in [2.24, 2.45) is 0 Å². The smallest absolute Gasteiger partial charge is 0.255 e. The number of amides is 1. The molecule has 0 radical (unpaired) electrons. The third-order valence-electron chi connectivity index (χ3n) is 7.37. The lowest BCUT2D eigenvalue weighted by Crippen LogP contribution is -2.36. The quantitative estimate of drug-likeness (QED) is 0.271. The summed E-state index contributed by atoms with van der Waals surface area (Å²) < 4.78 is 5.48. The highest BCUT2D eigenvalue weighted by Crippen LogP contribution is 2.40. The Morgan fingerprint density at radius 3 is 2.72 bits per heavy atom. The molecule has 3 N–H and O–H groups in total. The van der Waals surface area contributed by atoms with Crippen LogP contribution in [0.1, 0.15) is 40.5 Å². The first kappa shape index (κ1) is 23.6. The Balaban J connectivity index is 1.21. The fourth-order valence-corrected chi connectivity index (χ4v) is 5.11. The molecule has 2 fully saturated rings. The molecule has 9 nitrogen and oxygen atoms in total. The summed E-state index contributed by atoms with van der Waals surface area (Å²) in [5.41, 5.74) is 6.61. The van der Waals surface area contributed by atoms with Crippen molar-refractivity contribution in [1.29, 1.82) is 0 Å². The van der Waals surface area contributed by atoms with Crippen LogP contribution >= 0.6 is 0 Å². The van der Waals surface area contributed by atoms with E-state index in [9.17, 15) is 4.79 Å². The monoisotopic (exact) mass is 519 g/mol. The zero-order chi connectivity index (χ0) is 26.3. The summed E-state index contributed by atoms with van der Waals surface area (Å²) in [6, 6.07) is 17.7. The minimum absolute atomic E-state index is 0.183. The molecule has 1 amide bonds. The van der Waals surface area contributed by atoms with Gasteiger partial charge in [0, 0.05) is 47.5 Å². The molecule has 0 atom stereocenters. The van der Waals surface area contributed by atoms with E-state index in [0.717, 1.165) is 70.6 Å². The molecule has 0 unspecified atom stereocenters. The van der Waals surface area contributed by atoms with E-state index in [0.29, 0.717) is 36.3 Å². The number of carbonyl (C=O) groups is 1. The highest BCUT2D eigenvalue weighted by molar-refractivity contribution is 6.09. The molecule has 1 saturated heterocycles. The maximum atomic E-state index is 13.5. The maximum absolute atomic E-state index is 13.5. The summed E-state index contributed by atoms with van der Waals surface area (Å²) in [7, 11) is 0. The molecule has 3 heterocycles. The minimum Gasteiger partial charge on any atom is -0.378 e. The van der Waals surface area contributed by atoms with Crippen molar-refractivity contribution in [2.45, 2.75) is 25.7 Å². The molecule has 5 aromatic rings. The Labute approximate surface area is 225 Å². The SMILES string of the molecule is Cc1cccc2cnc(Nc3cc(NC(=O)c4cccc(N5CCOCC5)c4)c4nc(C5CC5)[nH]c4c3)nc12. The van der Waals surface area contributed by atoms with E-state index in [-0.39, 0.29) is 5.91 Å². The van der Waals surface area contributed by atoms with Gasteiger partial charge in [0.2, 0.25) is 5.95 Å². The Bertz CT molecular complexity index is 1700. The van der Waals surface area contributed by atoms with E-state index in [1.165, 1.54) is 0 Å². The summed E-state index contributed by atoms with van der Waals surface area (Å²) in [5, 5.41) is 7.45. The Kier molecular flexibility index (Phi) is 5.85. The van der Waals surface area contributed by atoms with Crippen LogP contribution in [0.15, 0.2) is 60.8 Å². The molecule has 7 rings (SSSR count). The van der Waals surface area contributed by atoms with E-state index < -0.39 is 0 Å². The summed E-state index contributed by atoms with van der Waals surface area (Å²) in [6.45, 7) is 5.05. The van der Waals surface area contributed by atoms with Gasteiger partial charge in [-0.25, -0.2) is 15.0 Å². The Morgan fingerprint density at radius 2 is 1.87 bits per heavy atom. The van der Waals surface area contributed by atoms with Crippen molar-refractivity contribution in [3.8, 4) is 0 Å². The predicted octanol–water partition coefficient (Wildman–Crippen LogP) is 5.52. The van der Waals surface area contributed by atoms with E-state index >= 15 is 0 Å². The van der Waals surface area contributed by atoms with Crippen molar-refractivity contribution in [3.05, 3.63) is 77.7 Å². The molecule has 1 saturated carbocycles. The van der Waals surface area contributed by atoms with Crippen LogP contribution in [0.2, 0.25) is 0 Å². The molecule has 1 aliphatic carbocycles. The summed E-state index contributed by atoms with van der Waals surface area (Å²) >= 11 is 0. The number of aryl methyl sites for hydroxylation is 1. The van der Waals surface area contributed by atoms with Gasteiger partial charge in [0.15, 0.2) is 0 Å². The highest BCUT2D eigenvalue weighted by atomic mass is 16.5. The van der Waals surface area contributed by atoms with Crippen LogP contribution in [-0.4, -0.2) is 52.1 Å². The number of aromatic nitrogens is 4. The predicted molar refractivity (Wildman–Crippen MR) is 153 cm³/mol. The average molecular weight is 520 g/mol. The first-order valence-electron chi connectivity index (χ1n) is 13.4. The lowest BCUT2D eigenvalue weighted by molar-refractivity contribution is 0.102. The minimum atomic E-state index is -0.183. The van der Waals surface area contributed by atoms with Crippen LogP contribution < -0.4 is 15.5 Å². The fourth-order valence-electron chi connectivity index (χ4n) is 5.11. The second-order valence-corrected chi connectivity index (χ2v) is 10.3. The van der Waals surface area contributed by atoms with Crippen LogP contribution in [0.25, 0.3) is 21.9 Å². The first-order chi connectivity index (χ1) is 19.1. The summed E-state index contributed by atoms with van der Waals surface area (Å²) in [5.74, 6) is 1.73. The standard InChI is InChI=1S/C30H29N7O2/c1-18-4-2-6-21-17-31-30(36-26(18)21)32-22-15-24-27(35-28(33-24)19-8-9-19)25(16-22)34-29(38)20-5-3-7-23(14-20)37-10-12-39-13-11-37/h2-7,14-17,19H,8-13H2,1H3,(H,33,35)(H,34,38)(H,31,32,36). The summed E-state index contributed by atoms with van der Waals surface area (Å²) in [6.07, 6.45) is 4.08. The molecule has 39 heavy (non-hydrogen) atoms. The number of ether oxygens (including phenoxy) is 1. The summed E-state index contributed by atoms with van der Waals surface area (Å²) in [4.78, 5) is 33.3. The lowest BCUT2D eigenvalue weighted by atomic mass is 10.1. The number of hydrogen-bond acceptors (Lipinski definition) is 7. The number of nitrogens with one attached hydrogen (secondary N) is 3. The molecule has 0 spiro atoms. The van der Waals surface area contributed by atoms with Crippen LogP contribution in [0.5, 0.6) is 0 Å². The second kappa shape index (κ2) is 9.67. The number of benzene rings is 3. The number of imidazole rings is 1. The number of carbonyl (C=O) groups excluding carboxylic acids is 1. The number of hydrogen-bond donors (Lipinski definition) is 3. The molecule has 0 bridgehead atoms. The van der Waals surface area contributed by atoms with E-state index in [2.05, 4.69) is 25.5 Å². The van der Waals surface area contributed by atoms with Gasteiger partial charge in [-0.3, -0.25) is 4.79 Å². The number of para-hydroxylation sites is 1. The first-order valence-corrected chi connectivity index (χ1v) is 13.4. The molecule has 2 aliphatic rings. The fraction of sp³-hybridized carbons (Fsp3) is 0.267. The van der Waals surface area contributed by atoms with E-state index in [1.54, 1.807) is 0 Å². The molecular formula is C30H29N7O2. The molecule has 1 aliphatic heterocycles. The van der Waals surface area contributed by atoms with Crippen LogP contribution in [0.4, 0.5) is 23.0 Å². The van der Waals surface area contributed by atoms with Crippen molar-refractivity contribution >= 4 is 50.9 Å². The third-order valence-corrected chi connectivity index (χ3v) is 7.37. The molecule has 196 valence electrons. The number of anilines is 4. The molecular weight excluding hydrogens is 490 g/mol. The number of fused-ring (bicyclic) bond motifs is 2. The number of aromatic amines is 1. The van der Waals surface area contributed by atoms with Crippen molar-refractivity contribution in [1.82, 2.24) is 19.9 Å². The topological polar surface area (TPSA) is 108 Å².